The molecule has 1 aliphatic heterocycles. The van der Waals surface area contributed by atoms with Crippen molar-refractivity contribution in [3.05, 3.63) is 29.8 Å². The van der Waals surface area contributed by atoms with E-state index in [-0.39, 0.29) is 0 Å². The summed E-state index contributed by atoms with van der Waals surface area (Å²) in [5, 5.41) is 3.78. The highest BCUT2D eigenvalue weighted by Gasteiger charge is 2.45. The average Bonchev–Trinajstić information content (AvgIpc) is 3.29. The summed E-state index contributed by atoms with van der Waals surface area (Å²) in [4.78, 5) is 2.62. The molecule has 1 heterocycles. The van der Waals surface area contributed by atoms with Crippen molar-refractivity contribution in [2.45, 2.75) is 44.8 Å². The van der Waals surface area contributed by atoms with E-state index in [0.717, 1.165) is 31.3 Å². The van der Waals surface area contributed by atoms with Crippen LogP contribution in [0.25, 0.3) is 0 Å². The van der Waals surface area contributed by atoms with Gasteiger partial charge in [-0.05, 0) is 50.3 Å². The molecule has 1 saturated heterocycles. The van der Waals surface area contributed by atoms with Gasteiger partial charge in [0.25, 0.3) is 0 Å². The van der Waals surface area contributed by atoms with E-state index in [4.69, 9.17) is 4.74 Å². The van der Waals surface area contributed by atoms with Gasteiger partial charge >= 0.3 is 0 Å². The van der Waals surface area contributed by atoms with Crippen molar-refractivity contribution in [3.8, 4) is 5.75 Å². The van der Waals surface area contributed by atoms with Crippen molar-refractivity contribution in [1.82, 2.24) is 10.2 Å². The number of ether oxygens (including phenoxy) is 1. The summed E-state index contributed by atoms with van der Waals surface area (Å²) in [6.45, 7) is 8.02. The number of methoxy groups -OCH3 is 1. The Kier molecular flexibility index (Phi) is 3.74. The van der Waals surface area contributed by atoms with Crippen molar-refractivity contribution in [3.63, 3.8) is 0 Å². The Balaban J connectivity index is 1.67. The molecule has 1 saturated carbocycles. The third-order valence-corrected chi connectivity index (χ3v) is 4.98. The fraction of sp³-hybridized carbons (Fsp3) is 0.647. The fourth-order valence-electron chi connectivity index (χ4n) is 3.31. The maximum atomic E-state index is 5.23. The zero-order valence-electron chi connectivity index (χ0n) is 12.9. The third kappa shape index (κ3) is 2.84. The Bertz CT molecular complexity index is 455. The second kappa shape index (κ2) is 5.38. The summed E-state index contributed by atoms with van der Waals surface area (Å²) >= 11 is 0. The molecule has 0 spiro atoms. The zero-order valence-corrected chi connectivity index (χ0v) is 12.9. The summed E-state index contributed by atoms with van der Waals surface area (Å²) in [6, 6.07) is 9.08. The first-order valence-electron chi connectivity index (χ1n) is 7.73. The molecular formula is C17H26N2O. The van der Waals surface area contributed by atoms with E-state index in [2.05, 4.69) is 48.3 Å². The Hall–Kier alpha value is -1.06. The lowest BCUT2D eigenvalue weighted by atomic mass is 9.91. The zero-order chi connectivity index (χ0) is 14.2. The molecule has 1 N–H and O–H groups in total. The highest BCUT2D eigenvalue weighted by Crippen LogP contribution is 2.41. The van der Waals surface area contributed by atoms with Crippen LogP contribution in [-0.2, 0) is 6.54 Å². The Morgan fingerprint density at radius 3 is 2.60 bits per heavy atom. The van der Waals surface area contributed by atoms with E-state index < -0.39 is 0 Å². The van der Waals surface area contributed by atoms with Gasteiger partial charge in [0.2, 0.25) is 0 Å². The molecule has 2 aliphatic rings. The van der Waals surface area contributed by atoms with Crippen LogP contribution in [0.3, 0.4) is 0 Å². The summed E-state index contributed by atoms with van der Waals surface area (Å²) < 4.78 is 5.23. The Morgan fingerprint density at radius 1 is 1.30 bits per heavy atom. The van der Waals surface area contributed by atoms with Gasteiger partial charge in [0.15, 0.2) is 0 Å². The topological polar surface area (TPSA) is 24.5 Å². The quantitative estimate of drug-likeness (QED) is 0.913. The van der Waals surface area contributed by atoms with Crippen LogP contribution < -0.4 is 10.1 Å². The van der Waals surface area contributed by atoms with Gasteiger partial charge < -0.3 is 10.1 Å². The molecule has 1 aliphatic carbocycles. The summed E-state index contributed by atoms with van der Waals surface area (Å²) in [7, 11) is 1.72. The Morgan fingerprint density at radius 2 is 2.00 bits per heavy atom. The van der Waals surface area contributed by atoms with Gasteiger partial charge in [-0.15, -0.1) is 0 Å². The number of hydrogen-bond acceptors (Lipinski definition) is 3. The van der Waals surface area contributed by atoms with Crippen molar-refractivity contribution in [2.24, 2.45) is 5.92 Å². The van der Waals surface area contributed by atoms with Gasteiger partial charge in [-0.2, -0.15) is 0 Å². The number of rotatable bonds is 4. The van der Waals surface area contributed by atoms with E-state index in [1.807, 2.05) is 0 Å². The van der Waals surface area contributed by atoms with Gasteiger partial charge in [0.05, 0.1) is 7.11 Å². The van der Waals surface area contributed by atoms with Crippen molar-refractivity contribution < 1.29 is 4.74 Å². The molecule has 2 unspecified atom stereocenters. The lowest BCUT2D eigenvalue weighted by Crippen LogP contribution is -2.62. The molecule has 0 amide bonds. The summed E-state index contributed by atoms with van der Waals surface area (Å²) in [5.74, 6) is 1.82. The first-order chi connectivity index (χ1) is 9.60. The fourth-order valence-corrected chi connectivity index (χ4v) is 3.31. The molecule has 20 heavy (non-hydrogen) atoms. The van der Waals surface area contributed by atoms with Crippen LogP contribution in [0.15, 0.2) is 24.3 Å². The van der Waals surface area contributed by atoms with E-state index in [1.165, 1.54) is 18.4 Å². The number of nitrogens with zero attached hydrogens (tertiary/aromatic N) is 1. The maximum absolute atomic E-state index is 5.23. The number of benzene rings is 1. The minimum Gasteiger partial charge on any atom is -0.497 e. The first kappa shape index (κ1) is 13.9. The molecule has 110 valence electrons. The third-order valence-electron chi connectivity index (χ3n) is 4.98. The molecule has 3 rings (SSSR count). The average molecular weight is 274 g/mol. The molecule has 3 nitrogen and oxygen atoms in total. The number of nitrogens with one attached hydrogen (secondary N) is 1. The summed E-state index contributed by atoms with van der Waals surface area (Å²) in [5.41, 5.74) is 1.69. The molecule has 0 aromatic heterocycles. The first-order valence-corrected chi connectivity index (χ1v) is 7.73. The predicted molar refractivity (Wildman–Crippen MR) is 82.0 cm³/mol. The molecule has 2 fully saturated rings. The van der Waals surface area contributed by atoms with Crippen molar-refractivity contribution >= 4 is 0 Å². The van der Waals surface area contributed by atoms with E-state index in [1.54, 1.807) is 7.11 Å². The Labute approximate surface area is 122 Å². The van der Waals surface area contributed by atoms with E-state index in [9.17, 15) is 0 Å². The highest BCUT2D eigenvalue weighted by atomic mass is 16.5. The molecule has 1 aromatic rings. The molecule has 1 aromatic carbocycles. The smallest absolute Gasteiger partial charge is 0.118 e. The van der Waals surface area contributed by atoms with Crippen LogP contribution in [0.2, 0.25) is 0 Å². The number of piperazine rings is 1. The van der Waals surface area contributed by atoms with Crippen LogP contribution >= 0.6 is 0 Å². The van der Waals surface area contributed by atoms with Crippen LogP contribution in [0.5, 0.6) is 5.75 Å². The van der Waals surface area contributed by atoms with Gasteiger partial charge in [0, 0.05) is 31.2 Å². The van der Waals surface area contributed by atoms with Crippen LogP contribution in [0, 0.1) is 5.92 Å². The molecule has 0 radical (unpaired) electrons. The lowest BCUT2D eigenvalue weighted by molar-refractivity contribution is 0.0770. The van der Waals surface area contributed by atoms with Gasteiger partial charge in [-0.25, -0.2) is 0 Å². The minimum atomic E-state index is 0.318. The van der Waals surface area contributed by atoms with E-state index >= 15 is 0 Å². The second-order valence-corrected chi connectivity index (χ2v) is 6.67. The lowest BCUT2D eigenvalue weighted by Gasteiger charge is -2.45. The van der Waals surface area contributed by atoms with Crippen LogP contribution in [-0.4, -0.2) is 36.7 Å². The van der Waals surface area contributed by atoms with Gasteiger partial charge in [0.1, 0.15) is 5.75 Å². The largest absolute Gasteiger partial charge is 0.497 e. The van der Waals surface area contributed by atoms with Crippen LogP contribution in [0.1, 0.15) is 32.3 Å². The highest BCUT2D eigenvalue weighted by molar-refractivity contribution is 5.27. The van der Waals surface area contributed by atoms with Crippen molar-refractivity contribution in [1.29, 1.82) is 0 Å². The second-order valence-electron chi connectivity index (χ2n) is 6.67. The normalized spacial score (nSPS) is 31.2. The molecule has 2 atom stereocenters. The maximum Gasteiger partial charge on any atom is 0.118 e. The van der Waals surface area contributed by atoms with Gasteiger partial charge in [-0.1, -0.05) is 12.1 Å². The van der Waals surface area contributed by atoms with E-state index in [0.29, 0.717) is 11.6 Å². The predicted octanol–water partition coefficient (Wildman–Crippen LogP) is 2.66. The molecule has 3 heteroatoms. The molecule has 0 bridgehead atoms. The van der Waals surface area contributed by atoms with Crippen LogP contribution in [0.4, 0.5) is 0 Å². The number of hydrogen-bond donors (Lipinski definition) is 1. The minimum absolute atomic E-state index is 0.318. The SMILES string of the molecule is COc1ccc(CN2CC(C)(C3CC3)NCC2C)cc1. The molecular weight excluding hydrogens is 248 g/mol. The monoisotopic (exact) mass is 274 g/mol. The van der Waals surface area contributed by atoms with Crippen molar-refractivity contribution in [2.75, 3.05) is 20.2 Å². The van der Waals surface area contributed by atoms with Gasteiger partial charge in [-0.3, -0.25) is 4.90 Å². The summed E-state index contributed by atoms with van der Waals surface area (Å²) in [6.07, 6.45) is 2.79. The standard InChI is InChI=1S/C17H26N2O/c1-13-10-18-17(2,15-6-7-15)12-19(13)11-14-4-8-16(20-3)9-5-14/h4-5,8-9,13,15,18H,6-7,10-12H2,1-3H3.